The van der Waals surface area contributed by atoms with Crippen molar-refractivity contribution in [1.82, 2.24) is 9.38 Å². The number of rotatable bonds is 6. The third-order valence-corrected chi connectivity index (χ3v) is 5.46. The summed E-state index contributed by atoms with van der Waals surface area (Å²) in [6, 6.07) is 10.5. The Balaban J connectivity index is 0.000000214. The minimum absolute atomic E-state index is 0.447. The Kier molecular flexibility index (Phi) is 8.10. The van der Waals surface area contributed by atoms with E-state index in [2.05, 4.69) is 4.98 Å². The first-order valence-corrected chi connectivity index (χ1v) is 11.1. The minimum Gasteiger partial charge on any atom is -0.497 e. The van der Waals surface area contributed by atoms with Crippen molar-refractivity contribution in [3.8, 4) is 22.8 Å². The standard InChI is InChI=1S/C16H14Cl2N2O.C6H3N3O7/c1-3-21-13-6-4-11(5-7-13)15-10(2)20-9-12(17)8-14(18)16(20)19-15;10-6-4(8(13)14)1-3(7(11)12)2-5(6)9(15)16/h4-9H,3H2,1-2H3;1-2,10H. The molecule has 2 aromatic heterocycles. The molecule has 2 heterocycles. The number of aryl methyl sites for hydroxylation is 1. The van der Waals surface area contributed by atoms with Gasteiger partial charge in [0.25, 0.3) is 11.4 Å². The first kappa shape index (κ1) is 27.1. The van der Waals surface area contributed by atoms with Gasteiger partial charge in [0, 0.05) is 17.5 Å². The summed E-state index contributed by atoms with van der Waals surface area (Å²) >= 11 is 12.3. The fraction of sp³-hybridized carbons (Fsp3) is 0.136. The zero-order valence-electron chi connectivity index (χ0n) is 19.1. The number of halogens is 2. The van der Waals surface area contributed by atoms with Crippen molar-refractivity contribution < 1.29 is 24.6 Å². The van der Waals surface area contributed by atoms with Gasteiger partial charge >= 0.3 is 11.4 Å². The van der Waals surface area contributed by atoms with Crippen molar-refractivity contribution in [2.45, 2.75) is 13.8 Å². The highest BCUT2D eigenvalue weighted by molar-refractivity contribution is 6.36. The van der Waals surface area contributed by atoms with Crippen LogP contribution >= 0.6 is 23.2 Å². The second-order valence-corrected chi connectivity index (χ2v) is 8.15. The van der Waals surface area contributed by atoms with Crippen LogP contribution in [0.2, 0.25) is 10.0 Å². The number of aromatic nitrogens is 2. The zero-order chi connectivity index (χ0) is 27.4. The van der Waals surface area contributed by atoms with E-state index in [1.54, 1.807) is 6.07 Å². The molecule has 0 aliphatic carbocycles. The molecule has 0 atom stereocenters. The predicted octanol–water partition coefficient (Wildman–Crippen LogP) is 6.13. The van der Waals surface area contributed by atoms with Gasteiger partial charge < -0.3 is 14.2 Å². The van der Waals surface area contributed by atoms with Crippen molar-refractivity contribution in [1.29, 1.82) is 0 Å². The molecule has 0 unspecified atom stereocenters. The van der Waals surface area contributed by atoms with Gasteiger partial charge in [0.2, 0.25) is 0 Å². The monoisotopic (exact) mass is 549 g/mol. The first-order chi connectivity index (χ1) is 17.4. The molecule has 0 amide bonds. The average Bonchev–Trinajstić information content (AvgIpc) is 3.16. The van der Waals surface area contributed by atoms with E-state index in [4.69, 9.17) is 33.0 Å². The number of fused-ring (bicyclic) bond motifs is 1. The normalized spacial score (nSPS) is 10.5. The van der Waals surface area contributed by atoms with Crippen molar-refractivity contribution >= 4 is 45.9 Å². The number of nitro benzene ring substituents is 3. The smallest absolute Gasteiger partial charge is 0.324 e. The molecule has 0 bridgehead atoms. The molecule has 4 rings (SSSR count). The molecule has 0 radical (unpaired) electrons. The summed E-state index contributed by atoms with van der Waals surface area (Å²) in [4.78, 5) is 32.4. The van der Waals surface area contributed by atoms with Gasteiger partial charge in [0.15, 0.2) is 5.65 Å². The number of pyridine rings is 1. The second kappa shape index (κ2) is 11.1. The molecule has 4 aromatic rings. The molecular weight excluding hydrogens is 533 g/mol. The van der Waals surface area contributed by atoms with Crippen LogP contribution in [0.15, 0.2) is 48.7 Å². The maximum atomic E-state index is 10.4. The number of non-ortho nitro benzene ring substituents is 1. The summed E-state index contributed by atoms with van der Waals surface area (Å²) in [6.45, 7) is 4.62. The molecule has 15 heteroatoms. The number of imidazole rings is 1. The molecule has 0 saturated heterocycles. The highest BCUT2D eigenvalue weighted by atomic mass is 35.5. The third-order valence-electron chi connectivity index (χ3n) is 4.98. The van der Waals surface area contributed by atoms with Gasteiger partial charge in [0.1, 0.15) is 5.75 Å². The van der Waals surface area contributed by atoms with Crippen LogP contribution in [0, 0.1) is 37.3 Å². The Labute approximate surface area is 217 Å². The number of phenols is 1. The van der Waals surface area contributed by atoms with E-state index >= 15 is 0 Å². The summed E-state index contributed by atoms with van der Waals surface area (Å²) in [5, 5.41) is 41.3. The Morgan fingerprint density at radius 2 is 1.54 bits per heavy atom. The number of benzene rings is 2. The minimum atomic E-state index is -1.21. The highest BCUT2D eigenvalue weighted by Gasteiger charge is 2.30. The van der Waals surface area contributed by atoms with Crippen LogP contribution < -0.4 is 4.74 Å². The van der Waals surface area contributed by atoms with E-state index in [0.29, 0.717) is 34.4 Å². The van der Waals surface area contributed by atoms with E-state index in [1.165, 1.54) is 0 Å². The predicted molar refractivity (Wildman–Crippen MR) is 135 cm³/mol. The van der Waals surface area contributed by atoms with Gasteiger partial charge in [-0.2, -0.15) is 0 Å². The fourth-order valence-corrected chi connectivity index (χ4v) is 3.82. The molecule has 192 valence electrons. The number of hydrogen-bond acceptors (Lipinski definition) is 9. The maximum absolute atomic E-state index is 10.4. The van der Waals surface area contributed by atoms with Gasteiger partial charge in [-0.05, 0) is 44.2 Å². The maximum Gasteiger partial charge on any atom is 0.324 e. The van der Waals surface area contributed by atoms with Crippen molar-refractivity contribution in [2.75, 3.05) is 6.61 Å². The molecule has 2 aromatic carbocycles. The summed E-state index contributed by atoms with van der Waals surface area (Å²) in [6.07, 6.45) is 1.82. The van der Waals surface area contributed by atoms with Crippen molar-refractivity contribution in [3.05, 3.63) is 94.7 Å². The summed E-state index contributed by atoms with van der Waals surface area (Å²) in [7, 11) is 0. The molecule has 0 saturated carbocycles. The van der Waals surface area contributed by atoms with Crippen LogP contribution in [0.3, 0.4) is 0 Å². The fourth-order valence-electron chi connectivity index (χ4n) is 3.31. The molecule has 37 heavy (non-hydrogen) atoms. The van der Waals surface area contributed by atoms with Crippen LogP contribution in [-0.4, -0.2) is 35.9 Å². The number of nitrogens with zero attached hydrogens (tertiary/aromatic N) is 5. The van der Waals surface area contributed by atoms with Gasteiger partial charge in [-0.25, -0.2) is 4.98 Å². The van der Waals surface area contributed by atoms with Crippen LogP contribution in [0.5, 0.6) is 11.5 Å². The zero-order valence-corrected chi connectivity index (χ0v) is 20.6. The quantitative estimate of drug-likeness (QED) is 0.218. The van der Waals surface area contributed by atoms with E-state index in [9.17, 15) is 30.3 Å². The molecule has 0 aliphatic rings. The molecular formula is C22H17Cl2N5O8. The Bertz CT molecular complexity index is 1490. The van der Waals surface area contributed by atoms with Gasteiger partial charge in [-0.3, -0.25) is 30.3 Å². The summed E-state index contributed by atoms with van der Waals surface area (Å²) in [5.74, 6) is -0.357. The topological polar surface area (TPSA) is 176 Å². The number of nitro groups is 3. The molecule has 0 aliphatic heterocycles. The summed E-state index contributed by atoms with van der Waals surface area (Å²) in [5.41, 5.74) is 0.619. The van der Waals surface area contributed by atoms with E-state index in [-0.39, 0.29) is 0 Å². The number of aromatic hydroxyl groups is 1. The Hall–Kier alpha value is -4.49. The molecule has 0 spiro atoms. The lowest BCUT2D eigenvalue weighted by molar-refractivity contribution is -0.404. The molecule has 1 N–H and O–H groups in total. The van der Waals surface area contributed by atoms with E-state index < -0.39 is 37.6 Å². The lowest BCUT2D eigenvalue weighted by Crippen LogP contribution is -1.97. The van der Waals surface area contributed by atoms with Crippen LogP contribution in [0.4, 0.5) is 17.1 Å². The Morgan fingerprint density at radius 3 is 2.03 bits per heavy atom. The molecule has 13 nitrogen and oxygen atoms in total. The lowest BCUT2D eigenvalue weighted by atomic mass is 10.1. The number of ether oxygens (including phenoxy) is 1. The van der Waals surface area contributed by atoms with Crippen LogP contribution in [0.25, 0.3) is 16.9 Å². The number of phenolic OH excluding ortho intramolecular Hbond substituents is 1. The largest absolute Gasteiger partial charge is 0.497 e. The average molecular weight is 550 g/mol. The first-order valence-electron chi connectivity index (χ1n) is 10.3. The van der Waals surface area contributed by atoms with Crippen molar-refractivity contribution in [3.63, 3.8) is 0 Å². The SMILES string of the molecule is CCOc1ccc(-c2nc3c(Cl)cc(Cl)cn3c2C)cc1.O=[N+]([O-])c1cc([N+](=O)[O-])c(O)c([N+](=O)[O-])c1. The van der Waals surface area contributed by atoms with E-state index in [1.807, 2.05) is 48.7 Å². The van der Waals surface area contributed by atoms with Crippen molar-refractivity contribution in [2.24, 2.45) is 0 Å². The number of hydrogen-bond donors (Lipinski definition) is 1. The third kappa shape index (κ3) is 5.85. The second-order valence-electron chi connectivity index (χ2n) is 7.31. The summed E-state index contributed by atoms with van der Waals surface area (Å²) < 4.78 is 7.37. The van der Waals surface area contributed by atoms with Gasteiger partial charge in [-0.1, -0.05) is 23.2 Å². The highest BCUT2D eigenvalue weighted by Crippen LogP contribution is 2.39. The van der Waals surface area contributed by atoms with Gasteiger partial charge in [0.05, 0.1) is 49.2 Å². The lowest BCUT2D eigenvalue weighted by Gasteiger charge is -2.04. The van der Waals surface area contributed by atoms with Gasteiger partial charge in [-0.15, -0.1) is 0 Å². The Morgan fingerprint density at radius 1 is 0.973 bits per heavy atom. The molecule has 0 fully saturated rings. The van der Waals surface area contributed by atoms with E-state index in [0.717, 1.165) is 22.7 Å². The van der Waals surface area contributed by atoms with Crippen LogP contribution in [0.1, 0.15) is 12.6 Å². The van der Waals surface area contributed by atoms with Crippen LogP contribution in [-0.2, 0) is 0 Å².